The molecule has 0 aromatic heterocycles. The zero-order chi connectivity index (χ0) is 14.6. The molecule has 0 radical (unpaired) electrons. The van der Waals surface area contributed by atoms with E-state index in [9.17, 15) is 8.42 Å². The number of aryl methyl sites for hydroxylation is 2. The van der Waals surface area contributed by atoms with E-state index in [1.165, 1.54) is 5.56 Å². The largest absolute Gasteiger partial charge is 0.312 e. The van der Waals surface area contributed by atoms with Gasteiger partial charge in [0.25, 0.3) is 0 Å². The number of sulfone groups is 1. The van der Waals surface area contributed by atoms with Crippen LogP contribution in [0.4, 0.5) is 0 Å². The van der Waals surface area contributed by atoms with E-state index in [-0.39, 0.29) is 23.5 Å². The van der Waals surface area contributed by atoms with E-state index in [0.29, 0.717) is 0 Å². The van der Waals surface area contributed by atoms with Crippen LogP contribution in [0.25, 0.3) is 0 Å². The van der Waals surface area contributed by atoms with Crippen LogP contribution in [-0.4, -0.2) is 27.0 Å². The maximum atomic E-state index is 12.1. The first-order valence-corrected chi connectivity index (χ1v) is 8.52. The molecule has 0 heterocycles. The van der Waals surface area contributed by atoms with Gasteiger partial charge in [-0.3, -0.25) is 0 Å². The molecule has 1 N–H and O–H groups in total. The Hall–Kier alpha value is -0.870. The molecule has 0 fully saturated rings. The minimum atomic E-state index is -3.03. The van der Waals surface area contributed by atoms with E-state index in [4.69, 9.17) is 0 Å². The number of benzene rings is 1. The summed E-state index contributed by atoms with van der Waals surface area (Å²) < 4.78 is 24.2. The highest BCUT2D eigenvalue weighted by molar-refractivity contribution is 7.91. The molecule has 0 bridgehead atoms. The van der Waals surface area contributed by atoms with Crippen LogP contribution in [0.5, 0.6) is 0 Å². The highest BCUT2D eigenvalue weighted by Gasteiger charge is 2.21. The predicted molar refractivity (Wildman–Crippen MR) is 81.2 cm³/mol. The molecule has 1 atom stereocenters. The van der Waals surface area contributed by atoms with Crippen molar-refractivity contribution in [3.05, 3.63) is 34.9 Å². The maximum Gasteiger partial charge on any atom is 0.152 e. The highest BCUT2D eigenvalue weighted by atomic mass is 32.2. The molecule has 0 saturated heterocycles. The first kappa shape index (κ1) is 16.2. The Balaban J connectivity index is 2.95. The summed E-state index contributed by atoms with van der Waals surface area (Å²) >= 11 is 0. The number of rotatable bonds is 6. The van der Waals surface area contributed by atoms with Crippen molar-refractivity contribution in [2.75, 3.05) is 18.6 Å². The van der Waals surface area contributed by atoms with Crippen LogP contribution >= 0.6 is 0 Å². The fraction of sp³-hybridized carbons (Fsp3) is 0.600. The zero-order valence-corrected chi connectivity index (χ0v) is 13.3. The fourth-order valence-corrected chi connectivity index (χ4v) is 4.38. The van der Waals surface area contributed by atoms with Crippen LogP contribution in [0.3, 0.4) is 0 Å². The maximum absolute atomic E-state index is 12.1. The first-order valence-electron chi connectivity index (χ1n) is 6.70. The summed E-state index contributed by atoms with van der Waals surface area (Å²) in [5.41, 5.74) is 3.40. The highest BCUT2D eigenvalue weighted by Crippen LogP contribution is 2.21. The van der Waals surface area contributed by atoms with Crippen LogP contribution in [0.15, 0.2) is 18.2 Å². The van der Waals surface area contributed by atoms with Gasteiger partial charge in [-0.15, -0.1) is 0 Å². The van der Waals surface area contributed by atoms with Gasteiger partial charge >= 0.3 is 0 Å². The number of hydrogen-bond acceptors (Lipinski definition) is 3. The smallest absolute Gasteiger partial charge is 0.152 e. The number of nitrogens with one attached hydrogen (secondary N) is 1. The molecular weight excluding hydrogens is 258 g/mol. The Morgan fingerprint density at radius 3 is 2.26 bits per heavy atom. The lowest BCUT2D eigenvalue weighted by atomic mass is 10.0. The Morgan fingerprint density at radius 1 is 1.16 bits per heavy atom. The van der Waals surface area contributed by atoms with Crippen molar-refractivity contribution in [3.63, 3.8) is 0 Å². The van der Waals surface area contributed by atoms with Crippen molar-refractivity contribution in [1.29, 1.82) is 0 Å². The topological polar surface area (TPSA) is 46.2 Å². The predicted octanol–water partition coefficient (Wildman–Crippen LogP) is 2.63. The fourth-order valence-electron chi connectivity index (χ4n) is 2.38. The average molecular weight is 283 g/mol. The molecule has 0 saturated carbocycles. The molecular formula is C15H25NO2S. The lowest BCUT2D eigenvalue weighted by molar-refractivity contribution is 0.562. The van der Waals surface area contributed by atoms with Crippen LogP contribution in [-0.2, 0) is 9.84 Å². The van der Waals surface area contributed by atoms with Crippen molar-refractivity contribution >= 4 is 9.84 Å². The third kappa shape index (κ3) is 4.96. The van der Waals surface area contributed by atoms with Gasteiger partial charge in [0.15, 0.2) is 9.84 Å². The molecule has 3 nitrogen and oxygen atoms in total. The molecule has 0 aliphatic carbocycles. The van der Waals surface area contributed by atoms with E-state index in [2.05, 4.69) is 11.4 Å². The molecule has 0 aliphatic rings. The van der Waals surface area contributed by atoms with Gasteiger partial charge in [0.2, 0.25) is 0 Å². The third-order valence-corrected chi connectivity index (χ3v) is 5.17. The molecule has 19 heavy (non-hydrogen) atoms. The third-order valence-electron chi connectivity index (χ3n) is 3.16. The summed E-state index contributed by atoms with van der Waals surface area (Å²) in [5.74, 6) is 0.573. The molecule has 0 spiro atoms. The summed E-state index contributed by atoms with van der Waals surface area (Å²) in [6, 6.07) is 6.01. The van der Waals surface area contributed by atoms with Crippen LogP contribution < -0.4 is 5.32 Å². The van der Waals surface area contributed by atoms with Crippen LogP contribution in [0, 0.1) is 19.8 Å². The Bertz CT molecular complexity index is 521. The molecule has 1 rings (SSSR count). The summed E-state index contributed by atoms with van der Waals surface area (Å²) in [6.07, 6.45) is 0. The quantitative estimate of drug-likeness (QED) is 0.873. The second kappa shape index (κ2) is 6.53. The van der Waals surface area contributed by atoms with E-state index in [1.807, 2.05) is 46.9 Å². The Labute approximate surface area is 117 Å². The monoisotopic (exact) mass is 283 g/mol. The summed E-state index contributed by atoms with van der Waals surface area (Å²) in [6.45, 7) is 7.94. The number of hydrogen-bond donors (Lipinski definition) is 1. The van der Waals surface area contributed by atoms with Crippen molar-refractivity contribution in [3.8, 4) is 0 Å². The van der Waals surface area contributed by atoms with Crippen molar-refractivity contribution in [2.24, 2.45) is 5.92 Å². The second-order valence-electron chi connectivity index (χ2n) is 5.67. The van der Waals surface area contributed by atoms with Crippen molar-refractivity contribution in [2.45, 2.75) is 33.7 Å². The summed E-state index contributed by atoms with van der Waals surface area (Å²) in [4.78, 5) is 0. The minimum absolute atomic E-state index is 0.135. The minimum Gasteiger partial charge on any atom is -0.312 e. The van der Waals surface area contributed by atoms with Crippen molar-refractivity contribution in [1.82, 2.24) is 5.32 Å². The van der Waals surface area contributed by atoms with E-state index < -0.39 is 9.84 Å². The molecule has 0 amide bonds. The van der Waals surface area contributed by atoms with Crippen LogP contribution in [0.2, 0.25) is 0 Å². The summed E-state index contributed by atoms with van der Waals surface area (Å²) in [7, 11) is -1.22. The second-order valence-corrected chi connectivity index (χ2v) is 7.83. The van der Waals surface area contributed by atoms with Crippen LogP contribution in [0.1, 0.15) is 36.6 Å². The SMILES string of the molecule is CNC(CS(=O)(=O)CC(C)C)c1ccc(C)cc1C. The first-order chi connectivity index (χ1) is 8.75. The lowest BCUT2D eigenvalue weighted by Crippen LogP contribution is -2.28. The zero-order valence-electron chi connectivity index (χ0n) is 12.5. The van der Waals surface area contributed by atoms with E-state index >= 15 is 0 Å². The standard InChI is InChI=1S/C15H25NO2S/c1-11(2)9-19(17,18)10-15(16-5)14-7-6-12(3)8-13(14)4/h6-8,11,15-16H,9-10H2,1-5H3. The van der Waals surface area contributed by atoms with E-state index in [0.717, 1.165) is 11.1 Å². The Morgan fingerprint density at radius 2 is 1.79 bits per heavy atom. The molecule has 0 aliphatic heterocycles. The van der Waals surface area contributed by atoms with Gasteiger partial charge in [0, 0.05) is 6.04 Å². The van der Waals surface area contributed by atoms with E-state index in [1.54, 1.807) is 0 Å². The van der Waals surface area contributed by atoms with Gasteiger partial charge in [-0.1, -0.05) is 37.6 Å². The van der Waals surface area contributed by atoms with Gasteiger partial charge < -0.3 is 5.32 Å². The Kier molecular flexibility index (Phi) is 5.56. The van der Waals surface area contributed by atoms with Gasteiger partial charge in [-0.2, -0.15) is 0 Å². The lowest BCUT2D eigenvalue weighted by Gasteiger charge is -2.20. The van der Waals surface area contributed by atoms with Gasteiger partial charge in [-0.05, 0) is 37.9 Å². The van der Waals surface area contributed by atoms with Crippen molar-refractivity contribution < 1.29 is 8.42 Å². The normalized spacial score (nSPS) is 13.8. The molecule has 4 heteroatoms. The van der Waals surface area contributed by atoms with Gasteiger partial charge in [0.05, 0.1) is 11.5 Å². The molecule has 1 aromatic rings. The summed E-state index contributed by atoms with van der Waals surface area (Å²) in [5, 5.41) is 3.13. The molecule has 1 unspecified atom stereocenters. The van der Waals surface area contributed by atoms with Gasteiger partial charge in [-0.25, -0.2) is 8.42 Å². The average Bonchev–Trinajstić information content (AvgIpc) is 2.24. The molecule has 108 valence electrons. The van der Waals surface area contributed by atoms with Gasteiger partial charge in [0.1, 0.15) is 0 Å². The molecule has 1 aromatic carbocycles.